The molecule has 27 heavy (non-hydrogen) atoms. The monoisotopic (exact) mass is 407 g/mol. The van der Waals surface area contributed by atoms with Crippen LogP contribution in [0.2, 0.25) is 10.0 Å². The van der Waals surface area contributed by atoms with Gasteiger partial charge in [-0.1, -0.05) is 23.2 Å². The standard InChI is InChI=1S/C17H11Cl2N3O5/c1-27-15-6-9(5-14(16(15)23)22(25)26)4-10(8-20)17(24)21-13-3-2-11(18)7-12(13)19/h2-7,23H,1H3,(H,21,24)/b10-4+. The molecule has 0 atom stereocenters. The van der Waals surface area contributed by atoms with Crippen molar-refractivity contribution in [2.75, 3.05) is 12.4 Å². The van der Waals surface area contributed by atoms with E-state index in [1.807, 2.05) is 0 Å². The predicted molar refractivity (Wildman–Crippen MR) is 100.0 cm³/mol. The highest BCUT2D eigenvalue weighted by atomic mass is 35.5. The number of carbonyl (C=O) groups excluding carboxylic acids is 1. The second kappa shape index (κ2) is 8.40. The number of hydrogen-bond donors (Lipinski definition) is 2. The predicted octanol–water partition coefficient (Wildman–Crippen LogP) is 4.16. The van der Waals surface area contributed by atoms with Gasteiger partial charge >= 0.3 is 5.69 Å². The molecule has 0 aliphatic carbocycles. The lowest BCUT2D eigenvalue weighted by molar-refractivity contribution is -0.386. The summed E-state index contributed by atoms with van der Waals surface area (Å²) in [5.74, 6) is -1.61. The zero-order valence-corrected chi connectivity index (χ0v) is 15.2. The maximum atomic E-state index is 12.3. The quantitative estimate of drug-likeness (QED) is 0.331. The number of nitrogens with one attached hydrogen (secondary N) is 1. The first-order valence-electron chi connectivity index (χ1n) is 7.20. The first-order valence-corrected chi connectivity index (χ1v) is 7.96. The summed E-state index contributed by atoms with van der Waals surface area (Å²) in [5.41, 5.74) is -0.617. The largest absolute Gasteiger partial charge is 0.500 e. The van der Waals surface area contributed by atoms with Gasteiger partial charge in [0, 0.05) is 11.1 Å². The van der Waals surface area contributed by atoms with Crippen LogP contribution in [0.15, 0.2) is 35.9 Å². The molecule has 8 nitrogen and oxygen atoms in total. The van der Waals surface area contributed by atoms with Gasteiger partial charge in [0.1, 0.15) is 11.6 Å². The number of amides is 1. The van der Waals surface area contributed by atoms with Crippen molar-refractivity contribution in [3.05, 3.63) is 61.6 Å². The molecule has 0 bridgehead atoms. The molecule has 0 aliphatic heterocycles. The summed E-state index contributed by atoms with van der Waals surface area (Å²) in [4.78, 5) is 22.5. The summed E-state index contributed by atoms with van der Waals surface area (Å²) in [6, 6.07) is 8.36. The number of hydrogen-bond acceptors (Lipinski definition) is 6. The van der Waals surface area contributed by atoms with Crippen LogP contribution in [0, 0.1) is 21.4 Å². The van der Waals surface area contributed by atoms with Gasteiger partial charge in [-0.05, 0) is 35.9 Å². The molecule has 0 heterocycles. The highest BCUT2D eigenvalue weighted by Gasteiger charge is 2.20. The van der Waals surface area contributed by atoms with Crippen molar-refractivity contribution in [1.82, 2.24) is 0 Å². The van der Waals surface area contributed by atoms with E-state index in [0.29, 0.717) is 5.02 Å². The van der Waals surface area contributed by atoms with Crippen molar-refractivity contribution in [2.24, 2.45) is 0 Å². The average molecular weight is 408 g/mol. The van der Waals surface area contributed by atoms with Crippen molar-refractivity contribution in [3.63, 3.8) is 0 Å². The molecule has 2 rings (SSSR count). The highest BCUT2D eigenvalue weighted by Crippen LogP contribution is 2.37. The van der Waals surface area contributed by atoms with Gasteiger partial charge in [0.2, 0.25) is 5.75 Å². The minimum absolute atomic E-state index is 0.116. The molecule has 0 spiro atoms. The number of nitro benzene ring substituents is 1. The first kappa shape index (κ1) is 20.0. The Balaban J connectivity index is 2.40. The summed E-state index contributed by atoms with van der Waals surface area (Å²) in [6.45, 7) is 0. The number of rotatable bonds is 5. The molecular formula is C17H11Cl2N3O5. The second-order valence-corrected chi connectivity index (χ2v) is 5.94. The lowest BCUT2D eigenvalue weighted by Gasteiger charge is -2.08. The van der Waals surface area contributed by atoms with Crippen molar-refractivity contribution >= 4 is 46.6 Å². The van der Waals surface area contributed by atoms with Crippen LogP contribution in [-0.4, -0.2) is 23.0 Å². The molecular weight excluding hydrogens is 397 g/mol. The fourth-order valence-electron chi connectivity index (χ4n) is 2.09. The Morgan fingerprint density at radius 1 is 1.37 bits per heavy atom. The third-order valence-electron chi connectivity index (χ3n) is 3.35. The molecule has 138 valence electrons. The molecule has 2 aromatic carbocycles. The van der Waals surface area contributed by atoms with E-state index in [9.17, 15) is 25.3 Å². The molecule has 0 unspecified atom stereocenters. The molecule has 0 fully saturated rings. The molecule has 0 radical (unpaired) electrons. The number of phenolic OH excluding ortho intramolecular Hbond substituents is 1. The fraction of sp³-hybridized carbons (Fsp3) is 0.0588. The van der Waals surface area contributed by atoms with Gasteiger partial charge in [0.15, 0.2) is 5.75 Å². The lowest BCUT2D eigenvalue weighted by Crippen LogP contribution is -2.13. The van der Waals surface area contributed by atoms with Gasteiger partial charge in [0.05, 0.1) is 22.7 Å². The topological polar surface area (TPSA) is 125 Å². The molecule has 1 amide bonds. The van der Waals surface area contributed by atoms with Gasteiger partial charge in [-0.25, -0.2) is 0 Å². The molecule has 0 aromatic heterocycles. The van der Waals surface area contributed by atoms with Gasteiger partial charge in [-0.3, -0.25) is 14.9 Å². The average Bonchev–Trinajstić information content (AvgIpc) is 2.62. The number of ether oxygens (including phenoxy) is 1. The van der Waals surface area contributed by atoms with Gasteiger partial charge in [-0.15, -0.1) is 0 Å². The lowest BCUT2D eigenvalue weighted by atomic mass is 10.1. The zero-order chi connectivity index (χ0) is 20.1. The van der Waals surface area contributed by atoms with Crippen LogP contribution in [0.5, 0.6) is 11.5 Å². The van der Waals surface area contributed by atoms with E-state index in [0.717, 1.165) is 12.1 Å². The third kappa shape index (κ3) is 4.67. The van der Waals surface area contributed by atoms with E-state index < -0.39 is 22.3 Å². The van der Waals surface area contributed by atoms with Crippen molar-refractivity contribution < 1.29 is 19.6 Å². The van der Waals surface area contributed by atoms with Crippen LogP contribution in [0.3, 0.4) is 0 Å². The molecule has 2 N–H and O–H groups in total. The van der Waals surface area contributed by atoms with Crippen molar-refractivity contribution in [3.8, 4) is 17.6 Å². The van der Waals surface area contributed by atoms with Crippen LogP contribution in [-0.2, 0) is 4.79 Å². The van der Waals surface area contributed by atoms with Crippen LogP contribution in [0.1, 0.15) is 5.56 Å². The summed E-state index contributed by atoms with van der Waals surface area (Å²) >= 11 is 11.8. The number of nitriles is 1. The molecule has 10 heteroatoms. The van der Waals surface area contributed by atoms with E-state index in [1.54, 1.807) is 6.07 Å². The Kier molecular flexibility index (Phi) is 6.23. The minimum atomic E-state index is -0.811. The molecule has 0 saturated carbocycles. The number of benzene rings is 2. The van der Waals surface area contributed by atoms with E-state index in [4.69, 9.17) is 27.9 Å². The Morgan fingerprint density at radius 3 is 2.63 bits per heavy atom. The van der Waals surface area contributed by atoms with Crippen LogP contribution in [0.25, 0.3) is 6.08 Å². The summed E-state index contributed by atoms with van der Waals surface area (Å²) < 4.78 is 4.88. The van der Waals surface area contributed by atoms with Gasteiger partial charge in [-0.2, -0.15) is 5.26 Å². The number of phenols is 1. The number of nitro groups is 1. The Labute approximate surface area is 163 Å². The molecule has 0 aliphatic rings. The number of carbonyl (C=O) groups is 1. The number of aromatic hydroxyl groups is 1. The number of nitrogens with zero attached hydrogens (tertiary/aromatic N) is 2. The van der Waals surface area contributed by atoms with Crippen LogP contribution < -0.4 is 10.1 Å². The Bertz CT molecular complexity index is 999. The van der Waals surface area contributed by atoms with E-state index in [-0.39, 0.29) is 27.6 Å². The van der Waals surface area contributed by atoms with Crippen LogP contribution in [0.4, 0.5) is 11.4 Å². The maximum absolute atomic E-state index is 12.3. The zero-order valence-electron chi connectivity index (χ0n) is 13.7. The fourth-order valence-corrected chi connectivity index (χ4v) is 2.54. The van der Waals surface area contributed by atoms with Crippen molar-refractivity contribution in [2.45, 2.75) is 0 Å². The Hall–Kier alpha value is -3.28. The second-order valence-electron chi connectivity index (χ2n) is 5.10. The van der Waals surface area contributed by atoms with E-state index in [2.05, 4.69) is 5.32 Å². The van der Waals surface area contributed by atoms with Crippen LogP contribution >= 0.6 is 23.2 Å². The third-order valence-corrected chi connectivity index (χ3v) is 3.90. The van der Waals surface area contributed by atoms with Gasteiger partial charge in [0.25, 0.3) is 5.91 Å². The highest BCUT2D eigenvalue weighted by molar-refractivity contribution is 6.36. The van der Waals surface area contributed by atoms with Gasteiger partial charge < -0.3 is 15.2 Å². The summed E-state index contributed by atoms with van der Waals surface area (Å²) in [5, 5.41) is 33.1. The smallest absolute Gasteiger partial charge is 0.315 e. The van der Waals surface area contributed by atoms with Crippen molar-refractivity contribution in [1.29, 1.82) is 5.26 Å². The summed E-state index contributed by atoms with van der Waals surface area (Å²) in [7, 11) is 1.21. The Morgan fingerprint density at radius 2 is 2.07 bits per heavy atom. The van der Waals surface area contributed by atoms with E-state index >= 15 is 0 Å². The molecule has 2 aromatic rings. The first-order chi connectivity index (χ1) is 12.8. The molecule has 0 saturated heterocycles. The minimum Gasteiger partial charge on any atom is -0.500 e. The summed E-state index contributed by atoms with van der Waals surface area (Å²) in [6.07, 6.45) is 1.12. The SMILES string of the molecule is COc1cc(/C=C(\C#N)C(=O)Nc2ccc(Cl)cc2Cl)cc([N+](=O)[O-])c1O. The maximum Gasteiger partial charge on any atom is 0.315 e. The normalized spacial score (nSPS) is 10.8. The number of methoxy groups -OCH3 is 1. The number of halogens is 2. The number of anilines is 1. The van der Waals surface area contributed by atoms with E-state index in [1.165, 1.54) is 31.4 Å².